The van der Waals surface area contributed by atoms with Crippen LogP contribution in [0.1, 0.15) is 31.6 Å². The molecule has 0 bridgehead atoms. The minimum Gasteiger partial charge on any atom is -0.381 e. The second-order valence-electron chi connectivity index (χ2n) is 7.21. The first-order valence-corrected chi connectivity index (χ1v) is 9.31. The molecule has 27 heavy (non-hydrogen) atoms. The Hall–Kier alpha value is -2.48. The molecule has 1 N–H and O–H groups in total. The highest BCUT2D eigenvalue weighted by molar-refractivity contribution is 5.74. The molecule has 2 aliphatic heterocycles. The Morgan fingerprint density at radius 3 is 2.78 bits per heavy atom. The summed E-state index contributed by atoms with van der Waals surface area (Å²) in [7, 11) is 0. The van der Waals surface area contributed by atoms with Crippen molar-refractivity contribution >= 4 is 6.03 Å². The molecule has 2 aromatic rings. The predicted molar refractivity (Wildman–Crippen MR) is 95.6 cm³/mol. The molecule has 3 heterocycles. The summed E-state index contributed by atoms with van der Waals surface area (Å²) in [6.07, 6.45) is 1.70. The first-order valence-electron chi connectivity index (χ1n) is 9.31. The van der Waals surface area contributed by atoms with E-state index in [0.29, 0.717) is 50.1 Å². The molecule has 1 aromatic heterocycles. The van der Waals surface area contributed by atoms with Crippen LogP contribution in [0.2, 0.25) is 0 Å². The van der Waals surface area contributed by atoms with Gasteiger partial charge in [-0.25, -0.2) is 9.18 Å². The van der Waals surface area contributed by atoms with Crippen molar-refractivity contribution in [3.63, 3.8) is 0 Å². The summed E-state index contributed by atoms with van der Waals surface area (Å²) < 4.78 is 24.3. The molecule has 1 aromatic carbocycles. The Labute approximate surface area is 156 Å². The summed E-state index contributed by atoms with van der Waals surface area (Å²) >= 11 is 0. The fourth-order valence-corrected chi connectivity index (χ4v) is 4.10. The average molecular weight is 374 g/mol. The highest BCUT2D eigenvalue weighted by Crippen LogP contribution is 2.49. The first kappa shape index (κ1) is 17.9. The van der Waals surface area contributed by atoms with Crippen LogP contribution in [0.5, 0.6) is 0 Å². The first-order chi connectivity index (χ1) is 13.1. The van der Waals surface area contributed by atoms with Gasteiger partial charge in [-0.2, -0.15) is 4.98 Å². The molecule has 2 amide bonds. The van der Waals surface area contributed by atoms with Crippen LogP contribution in [0.15, 0.2) is 28.8 Å². The van der Waals surface area contributed by atoms with E-state index in [-0.39, 0.29) is 23.2 Å². The van der Waals surface area contributed by atoms with Gasteiger partial charge >= 0.3 is 6.03 Å². The lowest BCUT2D eigenvalue weighted by Gasteiger charge is -2.36. The van der Waals surface area contributed by atoms with Crippen LogP contribution in [0.25, 0.3) is 11.4 Å². The Morgan fingerprint density at radius 1 is 1.33 bits per heavy atom. The standard InChI is InChI=1S/C19H23FN4O3/c1-2-21-18(25)24-11-15(19(12-24)7-9-26-10-8-19)17-22-16(23-27-17)13-3-5-14(20)6-4-13/h3-6,15H,2,7-12H2,1H3,(H,21,25)/t15-/m1/s1. The summed E-state index contributed by atoms with van der Waals surface area (Å²) in [6.45, 7) is 5.02. The largest absolute Gasteiger partial charge is 0.381 e. The Morgan fingerprint density at radius 2 is 2.07 bits per heavy atom. The van der Waals surface area contributed by atoms with Gasteiger partial charge in [-0.15, -0.1) is 0 Å². The number of nitrogens with zero attached hydrogens (tertiary/aromatic N) is 3. The molecule has 4 rings (SSSR count). The molecule has 7 nitrogen and oxygen atoms in total. The molecule has 1 atom stereocenters. The zero-order valence-electron chi connectivity index (χ0n) is 15.3. The maximum absolute atomic E-state index is 13.2. The zero-order valence-corrected chi connectivity index (χ0v) is 15.3. The quantitative estimate of drug-likeness (QED) is 0.894. The molecule has 0 saturated carbocycles. The number of amides is 2. The fourth-order valence-electron chi connectivity index (χ4n) is 4.10. The van der Waals surface area contributed by atoms with Crippen LogP contribution < -0.4 is 5.32 Å². The number of carbonyl (C=O) groups is 1. The number of likely N-dealkylation sites (tertiary alicyclic amines) is 1. The van der Waals surface area contributed by atoms with E-state index < -0.39 is 0 Å². The third-order valence-electron chi connectivity index (χ3n) is 5.59. The highest BCUT2D eigenvalue weighted by atomic mass is 19.1. The smallest absolute Gasteiger partial charge is 0.317 e. The normalized spacial score (nSPS) is 21.6. The van der Waals surface area contributed by atoms with E-state index in [2.05, 4.69) is 15.5 Å². The second kappa shape index (κ2) is 7.26. The fraction of sp³-hybridized carbons (Fsp3) is 0.526. The lowest BCUT2D eigenvalue weighted by molar-refractivity contribution is 0.00943. The maximum Gasteiger partial charge on any atom is 0.317 e. The predicted octanol–water partition coefficient (Wildman–Crippen LogP) is 2.80. The number of rotatable bonds is 3. The lowest BCUT2D eigenvalue weighted by Crippen LogP contribution is -2.41. The van der Waals surface area contributed by atoms with Gasteiger partial charge in [-0.3, -0.25) is 0 Å². The molecule has 0 unspecified atom stereocenters. The SMILES string of the molecule is CCNC(=O)N1C[C@H](c2nc(-c3ccc(F)cc3)no2)C2(CCOCC2)C1. The van der Waals surface area contributed by atoms with Gasteiger partial charge in [0.1, 0.15) is 5.82 Å². The van der Waals surface area contributed by atoms with Crippen molar-refractivity contribution in [3.05, 3.63) is 36.0 Å². The topological polar surface area (TPSA) is 80.5 Å². The maximum atomic E-state index is 13.2. The number of benzene rings is 1. The summed E-state index contributed by atoms with van der Waals surface area (Å²) in [6, 6.07) is 5.94. The van der Waals surface area contributed by atoms with E-state index in [4.69, 9.17) is 9.26 Å². The molecule has 144 valence electrons. The average Bonchev–Trinajstić information content (AvgIpc) is 3.29. The van der Waals surface area contributed by atoms with Gasteiger partial charge in [0, 0.05) is 43.8 Å². The van der Waals surface area contributed by atoms with Crippen molar-refractivity contribution in [2.75, 3.05) is 32.8 Å². The lowest BCUT2D eigenvalue weighted by atomic mass is 9.72. The highest BCUT2D eigenvalue weighted by Gasteiger charge is 2.51. The number of hydrogen-bond donors (Lipinski definition) is 1. The van der Waals surface area contributed by atoms with Gasteiger partial charge in [-0.05, 0) is 44.0 Å². The van der Waals surface area contributed by atoms with Crippen molar-refractivity contribution in [1.29, 1.82) is 0 Å². The van der Waals surface area contributed by atoms with Gasteiger partial charge in [0.2, 0.25) is 11.7 Å². The zero-order chi connectivity index (χ0) is 18.9. The van der Waals surface area contributed by atoms with Crippen LogP contribution in [0.3, 0.4) is 0 Å². The summed E-state index contributed by atoms with van der Waals surface area (Å²) in [5.41, 5.74) is 0.585. The molecule has 2 saturated heterocycles. The van der Waals surface area contributed by atoms with Crippen molar-refractivity contribution in [2.24, 2.45) is 5.41 Å². The third kappa shape index (κ3) is 3.41. The van der Waals surface area contributed by atoms with E-state index in [9.17, 15) is 9.18 Å². The van der Waals surface area contributed by atoms with Crippen molar-refractivity contribution < 1.29 is 18.4 Å². The summed E-state index contributed by atoms with van der Waals surface area (Å²) in [5.74, 6) is 0.620. The van der Waals surface area contributed by atoms with Crippen molar-refractivity contribution in [1.82, 2.24) is 20.4 Å². The number of hydrogen-bond acceptors (Lipinski definition) is 5. The minimum absolute atomic E-state index is 0.0364. The van der Waals surface area contributed by atoms with Gasteiger partial charge in [0.05, 0.1) is 5.92 Å². The summed E-state index contributed by atoms with van der Waals surface area (Å²) in [4.78, 5) is 18.8. The van der Waals surface area contributed by atoms with Crippen LogP contribution >= 0.6 is 0 Å². The second-order valence-corrected chi connectivity index (χ2v) is 7.21. The monoisotopic (exact) mass is 374 g/mol. The Kier molecular flexibility index (Phi) is 4.82. The third-order valence-corrected chi connectivity index (χ3v) is 5.59. The molecule has 2 aliphatic rings. The van der Waals surface area contributed by atoms with Crippen molar-refractivity contribution in [3.8, 4) is 11.4 Å². The van der Waals surface area contributed by atoms with Gasteiger partial charge in [0.15, 0.2) is 0 Å². The van der Waals surface area contributed by atoms with Gasteiger partial charge in [0.25, 0.3) is 0 Å². The van der Waals surface area contributed by atoms with E-state index in [1.165, 1.54) is 12.1 Å². The minimum atomic E-state index is -0.308. The van der Waals surface area contributed by atoms with Crippen LogP contribution in [0.4, 0.5) is 9.18 Å². The van der Waals surface area contributed by atoms with E-state index in [1.54, 1.807) is 12.1 Å². The molecular formula is C19H23FN4O3. The number of ether oxygens (including phenoxy) is 1. The summed E-state index contributed by atoms with van der Waals surface area (Å²) in [5, 5.41) is 6.96. The van der Waals surface area contributed by atoms with Gasteiger partial charge < -0.3 is 19.5 Å². The molecule has 0 aliphatic carbocycles. The number of urea groups is 1. The van der Waals surface area contributed by atoms with Crippen LogP contribution in [0, 0.1) is 11.2 Å². The number of aromatic nitrogens is 2. The van der Waals surface area contributed by atoms with E-state index in [0.717, 1.165) is 12.8 Å². The van der Waals surface area contributed by atoms with E-state index >= 15 is 0 Å². The molecule has 1 spiro atoms. The number of halogens is 1. The van der Waals surface area contributed by atoms with Crippen LogP contribution in [-0.2, 0) is 4.74 Å². The van der Waals surface area contributed by atoms with Crippen molar-refractivity contribution in [2.45, 2.75) is 25.7 Å². The molecule has 8 heteroatoms. The van der Waals surface area contributed by atoms with E-state index in [1.807, 2.05) is 11.8 Å². The molecular weight excluding hydrogens is 351 g/mol. The number of carbonyl (C=O) groups excluding carboxylic acids is 1. The van der Waals surface area contributed by atoms with Gasteiger partial charge in [-0.1, -0.05) is 5.16 Å². The Bertz CT molecular complexity index is 802. The molecule has 2 fully saturated rings. The number of nitrogens with one attached hydrogen (secondary N) is 1. The Balaban J connectivity index is 1.62. The van der Waals surface area contributed by atoms with Crippen LogP contribution in [-0.4, -0.2) is 53.9 Å². The molecule has 0 radical (unpaired) electrons.